The Labute approximate surface area is 78.6 Å². The summed E-state index contributed by atoms with van der Waals surface area (Å²) in [7, 11) is 0. The van der Waals surface area contributed by atoms with Crippen molar-refractivity contribution < 1.29 is 13.9 Å². The average molecular weight is 191 g/mol. The molecule has 13 heavy (non-hydrogen) atoms. The Bertz CT molecular complexity index is 153. The van der Waals surface area contributed by atoms with Crippen LogP contribution in [0.3, 0.4) is 0 Å². The van der Waals surface area contributed by atoms with Crippen molar-refractivity contribution in [3.63, 3.8) is 0 Å². The highest BCUT2D eigenvalue weighted by atomic mass is 19.1. The average Bonchev–Trinajstić information content (AvgIpc) is 2.12. The van der Waals surface area contributed by atoms with Gasteiger partial charge in [-0.3, -0.25) is 4.79 Å². The van der Waals surface area contributed by atoms with Gasteiger partial charge >= 0.3 is 0 Å². The van der Waals surface area contributed by atoms with E-state index in [1.165, 1.54) is 6.92 Å². The van der Waals surface area contributed by atoms with Gasteiger partial charge in [0.25, 0.3) is 0 Å². The third-order valence-electron chi connectivity index (χ3n) is 1.66. The number of ether oxygens (including phenoxy) is 1. The van der Waals surface area contributed by atoms with Gasteiger partial charge in [-0.15, -0.1) is 0 Å². The van der Waals surface area contributed by atoms with E-state index in [9.17, 15) is 9.18 Å². The fraction of sp³-hybridized carbons (Fsp3) is 0.889. The predicted molar refractivity (Wildman–Crippen MR) is 49.3 cm³/mol. The minimum absolute atomic E-state index is 0.205. The van der Waals surface area contributed by atoms with Crippen LogP contribution in [0.5, 0.6) is 0 Å². The molecule has 0 saturated carbocycles. The van der Waals surface area contributed by atoms with Crippen LogP contribution >= 0.6 is 0 Å². The van der Waals surface area contributed by atoms with E-state index >= 15 is 0 Å². The molecule has 1 rings (SSSR count). The Balaban J connectivity index is 0.000000671. The fourth-order valence-corrected chi connectivity index (χ4v) is 1.10. The first-order valence-electron chi connectivity index (χ1n) is 4.69. The Morgan fingerprint density at radius 1 is 1.54 bits per heavy atom. The lowest BCUT2D eigenvalue weighted by Gasteiger charge is -2.26. The highest BCUT2D eigenvalue weighted by Gasteiger charge is 2.25. The highest BCUT2D eigenvalue weighted by Crippen LogP contribution is 2.10. The summed E-state index contributed by atoms with van der Waals surface area (Å²) in [4.78, 5) is 10.5. The molecule has 1 aliphatic rings. The maximum absolute atomic E-state index is 12.9. The number of carbonyl (C=O) groups is 1. The molecule has 1 fully saturated rings. The van der Waals surface area contributed by atoms with Gasteiger partial charge in [0.05, 0.1) is 12.6 Å². The molecule has 3 nitrogen and oxygen atoms in total. The first-order valence-corrected chi connectivity index (χ1v) is 4.69. The van der Waals surface area contributed by atoms with Crippen LogP contribution in [0.1, 0.15) is 27.2 Å². The van der Waals surface area contributed by atoms with Crippen LogP contribution in [0.4, 0.5) is 4.39 Å². The van der Waals surface area contributed by atoms with Gasteiger partial charge in [-0.05, 0) is 0 Å². The summed E-state index contributed by atoms with van der Waals surface area (Å²) in [5.41, 5.74) is 0. The molecule has 0 aromatic rings. The first kappa shape index (κ1) is 12.4. The standard InChI is InChI=1S/C7H12FNO2.C2H6/c1-5(10)9-7-4-11-3-2-6(7)8;1-2/h6-7H,2-4H2,1H3,(H,9,10);1-2H3. The quantitative estimate of drug-likeness (QED) is 0.678. The van der Waals surface area contributed by atoms with Crippen molar-refractivity contribution in [2.75, 3.05) is 13.2 Å². The summed E-state index contributed by atoms with van der Waals surface area (Å²) in [5, 5.41) is 2.49. The molecule has 78 valence electrons. The third kappa shape index (κ3) is 4.83. The Morgan fingerprint density at radius 3 is 2.62 bits per heavy atom. The number of halogens is 1. The largest absolute Gasteiger partial charge is 0.379 e. The second-order valence-corrected chi connectivity index (χ2v) is 2.69. The van der Waals surface area contributed by atoms with Crippen molar-refractivity contribution >= 4 is 5.91 Å². The van der Waals surface area contributed by atoms with Crippen molar-refractivity contribution in [1.82, 2.24) is 5.32 Å². The zero-order valence-electron chi connectivity index (χ0n) is 8.47. The van der Waals surface area contributed by atoms with Crippen molar-refractivity contribution in [2.45, 2.75) is 39.4 Å². The Kier molecular flexibility index (Phi) is 6.49. The molecular weight excluding hydrogens is 173 g/mol. The number of hydrogen-bond acceptors (Lipinski definition) is 2. The molecule has 1 N–H and O–H groups in total. The molecule has 0 aromatic heterocycles. The third-order valence-corrected chi connectivity index (χ3v) is 1.66. The van der Waals surface area contributed by atoms with Gasteiger partial charge in [0.2, 0.25) is 5.91 Å². The maximum atomic E-state index is 12.9. The van der Waals surface area contributed by atoms with Gasteiger partial charge in [-0.1, -0.05) is 13.8 Å². The lowest BCUT2D eigenvalue weighted by Crippen LogP contribution is -2.46. The normalized spacial score (nSPS) is 27.1. The molecule has 0 bridgehead atoms. The number of hydrogen-bond donors (Lipinski definition) is 1. The van der Waals surface area contributed by atoms with Gasteiger partial charge < -0.3 is 10.1 Å². The van der Waals surface area contributed by atoms with Gasteiger partial charge in [0, 0.05) is 20.0 Å². The summed E-state index contributed by atoms with van der Waals surface area (Å²) >= 11 is 0. The van der Waals surface area contributed by atoms with Crippen molar-refractivity contribution in [3.05, 3.63) is 0 Å². The molecule has 2 unspecified atom stereocenters. The topological polar surface area (TPSA) is 38.3 Å². The number of alkyl halides is 1. The minimum atomic E-state index is -0.951. The second kappa shape index (κ2) is 6.83. The molecule has 0 spiro atoms. The Morgan fingerprint density at radius 2 is 2.15 bits per heavy atom. The summed E-state index contributed by atoms with van der Waals surface area (Å²) in [6, 6.07) is -0.443. The second-order valence-electron chi connectivity index (χ2n) is 2.69. The summed E-state index contributed by atoms with van der Waals surface area (Å²) in [6.07, 6.45) is -0.571. The summed E-state index contributed by atoms with van der Waals surface area (Å²) in [6.45, 7) is 6.12. The number of carbonyl (C=O) groups excluding carboxylic acids is 1. The van der Waals surface area contributed by atoms with Gasteiger partial charge in [0.15, 0.2) is 0 Å². The van der Waals surface area contributed by atoms with Crippen LogP contribution in [0, 0.1) is 0 Å². The van der Waals surface area contributed by atoms with Crippen LogP contribution in [-0.4, -0.2) is 31.3 Å². The predicted octanol–water partition coefficient (Wildman–Crippen LogP) is 1.28. The number of rotatable bonds is 1. The summed E-state index contributed by atoms with van der Waals surface area (Å²) in [5.74, 6) is -0.205. The first-order chi connectivity index (χ1) is 6.20. The van der Waals surface area contributed by atoms with E-state index in [4.69, 9.17) is 4.74 Å². The highest BCUT2D eigenvalue weighted by molar-refractivity contribution is 5.73. The van der Waals surface area contributed by atoms with Gasteiger partial charge in [-0.2, -0.15) is 0 Å². The molecule has 1 heterocycles. The van der Waals surface area contributed by atoms with E-state index in [2.05, 4.69) is 5.32 Å². The Hall–Kier alpha value is -0.640. The molecule has 1 aliphatic heterocycles. The zero-order chi connectivity index (χ0) is 10.3. The lowest BCUT2D eigenvalue weighted by atomic mass is 10.1. The lowest BCUT2D eigenvalue weighted by molar-refractivity contribution is -0.121. The van der Waals surface area contributed by atoms with Crippen LogP contribution in [0.15, 0.2) is 0 Å². The van der Waals surface area contributed by atoms with Gasteiger partial charge in [-0.25, -0.2) is 4.39 Å². The molecule has 4 heteroatoms. The van der Waals surface area contributed by atoms with Crippen LogP contribution in [0.25, 0.3) is 0 Å². The molecule has 0 radical (unpaired) electrons. The van der Waals surface area contributed by atoms with E-state index < -0.39 is 12.2 Å². The number of amides is 1. The van der Waals surface area contributed by atoms with E-state index in [0.29, 0.717) is 19.6 Å². The van der Waals surface area contributed by atoms with E-state index in [1.807, 2.05) is 13.8 Å². The van der Waals surface area contributed by atoms with E-state index in [0.717, 1.165) is 0 Å². The molecule has 0 aromatic carbocycles. The van der Waals surface area contributed by atoms with E-state index in [-0.39, 0.29) is 5.91 Å². The molecule has 1 amide bonds. The SMILES string of the molecule is CC.CC(=O)NC1COCCC1F. The van der Waals surface area contributed by atoms with Crippen molar-refractivity contribution in [3.8, 4) is 0 Å². The van der Waals surface area contributed by atoms with Crippen molar-refractivity contribution in [1.29, 1.82) is 0 Å². The van der Waals surface area contributed by atoms with E-state index in [1.54, 1.807) is 0 Å². The van der Waals surface area contributed by atoms with Gasteiger partial charge in [0.1, 0.15) is 6.17 Å². The zero-order valence-corrected chi connectivity index (χ0v) is 8.47. The summed E-state index contributed by atoms with van der Waals surface area (Å²) < 4.78 is 17.9. The number of nitrogens with one attached hydrogen (secondary N) is 1. The molecular formula is C9H18FNO2. The smallest absolute Gasteiger partial charge is 0.217 e. The van der Waals surface area contributed by atoms with Crippen LogP contribution < -0.4 is 5.32 Å². The molecule has 0 aliphatic carbocycles. The monoisotopic (exact) mass is 191 g/mol. The fourth-order valence-electron chi connectivity index (χ4n) is 1.10. The minimum Gasteiger partial charge on any atom is -0.379 e. The van der Waals surface area contributed by atoms with Crippen LogP contribution in [-0.2, 0) is 9.53 Å². The van der Waals surface area contributed by atoms with Crippen molar-refractivity contribution in [2.24, 2.45) is 0 Å². The maximum Gasteiger partial charge on any atom is 0.217 e. The molecule has 1 saturated heterocycles. The molecule has 2 atom stereocenters. The van der Waals surface area contributed by atoms with Crippen LogP contribution in [0.2, 0.25) is 0 Å².